The summed E-state index contributed by atoms with van der Waals surface area (Å²) in [5.74, 6) is 1.32. The van der Waals surface area contributed by atoms with Gasteiger partial charge in [0.25, 0.3) is 6.43 Å². The molecular weight excluding hydrogens is 216 g/mol. The Bertz CT molecular complexity index is 371. The second-order valence-corrected chi connectivity index (χ2v) is 3.65. The molecule has 0 saturated heterocycles. The molecular formula is C11H13F2NO2. The molecule has 5 heteroatoms. The van der Waals surface area contributed by atoms with Crippen LogP contribution in [-0.4, -0.2) is 19.3 Å². The minimum atomic E-state index is -2.37. The van der Waals surface area contributed by atoms with Gasteiger partial charge in [0, 0.05) is 12.1 Å². The van der Waals surface area contributed by atoms with Crippen molar-refractivity contribution >= 4 is 0 Å². The van der Waals surface area contributed by atoms with Gasteiger partial charge in [-0.25, -0.2) is 8.78 Å². The van der Waals surface area contributed by atoms with Crippen molar-refractivity contribution in [2.24, 2.45) is 0 Å². The molecule has 16 heavy (non-hydrogen) atoms. The Morgan fingerprint density at radius 3 is 2.94 bits per heavy atom. The molecule has 0 aliphatic carbocycles. The summed E-state index contributed by atoms with van der Waals surface area (Å²) < 4.78 is 35.0. The number of hydrogen-bond acceptors (Lipinski definition) is 3. The van der Waals surface area contributed by atoms with E-state index in [0.717, 1.165) is 5.56 Å². The second kappa shape index (κ2) is 4.65. The SMILES string of the molecule is CC(NCc1cccc2c1OCO2)C(F)F. The van der Waals surface area contributed by atoms with E-state index in [4.69, 9.17) is 9.47 Å². The van der Waals surface area contributed by atoms with Gasteiger partial charge in [-0.05, 0) is 13.0 Å². The molecule has 1 heterocycles. The summed E-state index contributed by atoms with van der Waals surface area (Å²) >= 11 is 0. The number of alkyl halides is 2. The highest BCUT2D eigenvalue weighted by Crippen LogP contribution is 2.35. The Morgan fingerprint density at radius 2 is 2.19 bits per heavy atom. The molecule has 1 aliphatic heterocycles. The van der Waals surface area contributed by atoms with Gasteiger partial charge in [-0.2, -0.15) is 0 Å². The molecule has 3 nitrogen and oxygen atoms in total. The molecule has 1 atom stereocenters. The molecule has 0 radical (unpaired) electrons. The largest absolute Gasteiger partial charge is 0.454 e. The average Bonchev–Trinajstić information content (AvgIpc) is 2.73. The van der Waals surface area contributed by atoms with Gasteiger partial charge in [0.05, 0.1) is 6.04 Å². The molecule has 1 unspecified atom stereocenters. The summed E-state index contributed by atoms with van der Waals surface area (Å²) in [6.07, 6.45) is -2.37. The molecule has 0 fully saturated rings. The molecule has 0 aromatic heterocycles. The number of nitrogens with one attached hydrogen (secondary N) is 1. The molecule has 1 aromatic rings. The molecule has 0 bridgehead atoms. The molecule has 2 rings (SSSR count). The summed E-state index contributed by atoms with van der Waals surface area (Å²) in [4.78, 5) is 0. The fourth-order valence-electron chi connectivity index (χ4n) is 1.49. The Morgan fingerprint density at radius 1 is 1.38 bits per heavy atom. The van der Waals surface area contributed by atoms with E-state index in [2.05, 4.69) is 5.32 Å². The Labute approximate surface area is 92.4 Å². The van der Waals surface area contributed by atoms with Crippen LogP contribution < -0.4 is 14.8 Å². The summed E-state index contributed by atoms with van der Waals surface area (Å²) in [6.45, 7) is 1.99. The van der Waals surface area contributed by atoms with Gasteiger partial charge in [0.2, 0.25) is 6.79 Å². The van der Waals surface area contributed by atoms with Gasteiger partial charge in [0.15, 0.2) is 11.5 Å². The molecule has 1 aromatic carbocycles. The van der Waals surface area contributed by atoms with Crippen molar-refractivity contribution in [3.05, 3.63) is 23.8 Å². The van der Waals surface area contributed by atoms with Crippen molar-refractivity contribution in [1.29, 1.82) is 0 Å². The van der Waals surface area contributed by atoms with E-state index in [1.54, 1.807) is 6.07 Å². The van der Waals surface area contributed by atoms with Crippen LogP contribution in [0.5, 0.6) is 11.5 Å². The first-order valence-corrected chi connectivity index (χ1v) is 5.07. The predicted molar refractivity (Wildman–Crippen MR) is 54.9 cm³/mol. The number of halogens is 2. The topological polar surface area (TPSA) is 30.5 Å². The number of para-hydroxylation sites is 1. The Hall–Kier alpha value is -1.36. The number of rotatable bonds is 4. The lowest BCUT2D eigenvalue weighted by molar-refractivity contribution is 0.105. The summed E-state index contributed by atoms with van der Waals surface area (Å²) in [5.41, 5.74) is 0.836. The summed E-state index contributed by atoms with van der Waals surface area (Å²) in [6, 6.07) is 4.61. The summed E-state index contributed by atoms with van der Waals surface area (Å²) in [5, 5.41) is 2.74. The highest BCUT2D eigenvalue weighted by molar-refractivity contribution is 5.48. The first-order chi connectivity index (χ1) is 7.68. The van der Waals surface area contributed by atoms with Crippen LogP contribution in [0.15, 0.2) is 18.2 Å². The maximum absolute atomic E-state index is 12.3. The van der Waals surface area contributed by atoms with Crippen LogP contribution in [0, 0.1) is 0 Å². The van der Waals surface area contributed by atoms with Crippen molar-refractivity contribution < 1.29 is 18.3 Å². The van der Waals surface area contributed by atoms with E-state index in [0.29, 0.717) is 18.0 Å². The number of benzene rings is 1. The molecule has 1 aliphatic rings. The van der Waals surface area contributed by atoms with E-state index in [1.165, 1.54) is 6.92 Å². The zero-order chi connectivity index (χ0) is 11.5. The average molecular weight is 229 g/mol. The number of fused-ring (bicyclic) bond motifs is 1. The van der Waals surface area contributed by atoms with E-state index < -0.39 is 12.5 Å². The lowest BCUT2D eigenvalue weighted by atomic mass is 10.2. The second-order valence-electron chi connectivity index (χ2n) is 3.65. The minimum Gasteiger partial charge on any atom is -0.454 e. The molecule has 1 N–H and O–H groups in total. The normalized spacial score (nSPS) is 15.5. The quantitative estimate of drug-likeness (QED) is 0.858. The molecule has 88 valence electrons. The van der Waals surface area contributed by atoms with Gasteiger partial charge in [-0.1, -0.05) is 12.1 Å². The monoisotopic (exact) mass is 229 g/mol. The van der Waals surface area contributed by atoms with Gasteiger partial charge in [-0.15, -0.1) is 0 Å². The van der Waals surface area contributed by atoms with Crippen LogP contribution in [0.25, 0.3) is 0 Å². The van der Waals surface area contributed by atoms with Crippen LogP contribution in [0.2, 0.25) is 0 Å². The Balaban J connectivity index is 2.03. The van der Waals surface area contributed by atoms with Crippen LogP contribution >= 0.6 is 0 Å². The third kappa shape index (κ3) is 2.24. The maximum atomic E-state index is 12.3. The number of hydrogen-bond donors (Lipinski definition) is 1. The highest BCUT2D eigenvalue weighted by atomic mass is 19.3. The third-order valence-electron chi connectivity index (χ3n) is 2.47. The van der Waals surface area contributed by atoms with E-state index in [-0.39, 0.29) is 6.79 Å². The van der Waals surface area contributed by atoms with E-state index in [1.807, 2.05) is 12.1 Å². The molecule has 0 amide bonds. The smallest absolute Gasteiger partial charge is 0.253 e. The third-order valence-corrected chi connectivity index (χ3v) is 2.47. The van der Waals surface area contributed by atoms with Crippen LogP contribution in [-0.2, 0) is 6.54 Å². The standard InChI is InChI=1S/C11H13F2NO2/c1-7(11(12)13)14-5-8-3-2-4-9-10(8)16-6-15-9/h2-4,7,11,14H,5-6H2,1H3. The van der Waals surface area contributed by atoms with Crippen LogP contribution in [0.4, 0.5) is 8.78 Å². The first-order valence-electron chi connectivity index (χ1n) is 5.07. The fraction of sp³-hybridized carbons (Fsp3) is 0.455. The lowest BCUT2D eigenvalue weighted by Gasteiger charge is -2.13. The van der Waals surface area contributed by atoms with Gasteiger partial charge < -0.3 is 14.8 Å². The maximum Gasteiger partial charge on any atom is 0.253 e. The van der Waals surface area contributed by atoms with Crippen molar-refractivity contribution in [2.45, 2.75) is 25.9 Å². The van der Waals surface area contributed by atoms with Crippen molar-refractivity contribution in [3.8, 4) is 11.5 Å². The fourth-order valence-corrected chi connectivity index (χ4v) is 1.49. The van der Waals surface area contributed by atoms with Crippen molar-refractivity contribution in [1.82, 2.24) is 5.32 Å². The zero-order valence-electron chi connectivity index (χ0n) is 8.87. The highest BCUT2D eigenvalue weighted by Gasteiger charge is 2.19. The van der Waals surface area contributed by atoms with Crippen molar-refractivity contribution in [3.63, 3.8) is 0 Å². The lowest BCUT2D eigenvalue weighted by Crippen LogP contribution is -2.32. The van der Waals surface area contributed by atoms with Crippen LogP contribution in [0.3, 0.4) is 0 Å². The van der Waals surface area contributed by atoms with Crippen LogP contribution in [0.1, 0.15) is 12.5 Å². The van der Waals surface area contributed by atoms with Gasteiger partial charge in [0.1, 0.15) is 0 Å². The Kier molecular flexibility index (Phi) is 3.24. The molecule has 0 saturated carbocycles. The van der Waals surface area contributed by atoms with Crippen molar-refractivity contribution in [2.75, 3.05) is 6.79 Å². The predicted octanol–water partition coefficient (Wildman–Crippen LogP) is 2.16. The van der Waals surface area contributed by atoms with Gasteiger partial charge >= 0.3 is 0 Å². The summed E-state index contributed by atoms with van der Waals surface area (Å²) in [7, 11) is 0. The zero-order valence-corrected chi connectivity index (χ0v) is 8.87. The number of ether oxygens (including phenoxy) is 2. The molecule has 0 spiro atoms. The van der Waals surface area contributed by atoms with E-state index in [9.17, 15) is 8.78 Å². The van der Waals surface area contributed by atoms with Gasteiger partial charge in [-0.3, -0.25) is 0 Å². The first kappa shape index (κ1) is 11.1. The van der Waals surface area contributed by atoms with E-state index >= 15 is 0 Å². The minimum absolute atomic E-state index is 0.191.